The largest absolute Gasteiger partial charge is 0.503 e. The SMILES string of the molecule is CC(C)(C)c1ccc(C2C(C(=O)c3cccs3)=C(O)C(=O)N2c2nnc(SCc3ccc(F)cc3)s2)cc1. The fraction of sp³-hybridized carbons (Fsp3) is 0.214. The molecule has 6 nitrogen and oxygen atoms in total. The van der Waals surface area contributed by atoms with Gasteiger partial charge in [0, 0.05) is 5.75 Å². The number of benzene rings is 2. The first-order valence-electron chi connectivity index (χ1n) is 11.8. The van der Waals surface area contributed by atoms with Gasteiger partial charge in [0.2, 0.25) is 10.9 Å². The van der Waals surface area contributed by atoms with Crippen LogP contribution in [0.3, 0.4) is 0 Å². The third kappa shape index (κ3) is 5.16. The van der Waals surface area contributed by atoms with Crippen molar-refractivity contribution < 1.29 is 19.1 Å². The summed E-state index contributed by atoms with van der Waals surface area (Å²) < 4.78 is 13.8. The number of thiophene rings is 1. The third-order valence-electron chi connectivity index (χ3n) is 6.17. The number of aliphatic hydroxyl groups is 1. The number of aliphatic hydroxyl groups excluding tert-OH is 1. The molecule has 38 heavy (non-hydrogen) atoms. The summed E-state index contributed by atoms with van der Waals surface area (Å²) in [6.45, 7) is 6.33. The average molecular weight is 566 g/mol. The Morgan fingerprint density at radius 2 is 1.79 bits per heavy atom. The van der Waals surface area contributed by atoms with Crippen molar-refractivity contribution in [1.29, 1.82) is 0 Å². The molecule has 0 saturated heterocycles. The second-order valence-electron chi connectivity index (χ2n) is 9.78. The molecule has 1 amide bonds. The van der Waals surface area contributed by atoms with E-state index >= 15 is 0 Å². The number of amides is 1. The van der Waals surface area contributed by atoms with Gasteiger partial charge in [-0.2, -0.15) is 0 Å². The molecule has 1 atom stereocenters. The Hall–Kier alpha value is -3.34. The number of carbonyl (C=O) groups excluding carboxylic acids is 2. The third-order valence-corrected chi connectivity index (χ3v) is 9.16. The minimum absolute atomic E-state index is 0.0247. The van der Waals surface area contributed by atoms with Gasteiger partial charge in [0.25, 0.3) is 5.91 Å². The van der Waals surface area contributed by atoms with E-state index < -0.39 is 23.5 Å². The van der Waals surface area contributed by atoms with Crippen molar-refractivity contribution in [1.82, 2.24) is 10.2 Å². The minimum Gasteiger partial charge on any atom is -0.503 e. The predicted molar refractivity (Wildman–Crippen MR) is 150 cm³/mol. The van der Waals surface area contributed by atoms with Crippen LogP contribution in [0.15, 0.2) is 81.7 Å². The quantitative estimate of drug-likeness (QED) is 0.146. The number of hydrogen-bond acceptors (Lipinski definition) is 8. The predicted octanol–water partition coefficient (Wildman–Crippen LogP) is 7.11. The molecule has 0 radical (unpaired) electrons. The molecule has 10 heteroatoms. The molecule has 2 aromatic heterocycles. The summed E-state index contributed by atoms with van der Waals surface area (Å²) in [7, 11) is 0. The molecule has 4 aromatic rings. The monoisotopic (exact) mass is 565 g/mol. The topological polar surface area (TPSA) is 83.4 Å². The Morgan fingerprint density at radius 1 is 1.08 bits per heavy atom. The number of Topliss-reactive ketones (excluding diaryl/α,β-unsaturated/α-hetero) is 1. The zero-order chi connectivity index (χ0) is 27.0. The van der Waals surface area contributed by atoms with Gasteiger partial charge in [0.15, 0.2) is 10.1 Å². The Labute approximate surface area is 231 Å². The lowest BCUT2D eigenvalue weighted by molar-refractivity contribution is -0.117. The number of anilines is 1. The number of nitrogens with zero attached hydrogens (tertiary/aromatic N) is 3. The maximum atomic E-state index is 13.5. The number of carbonyl (C=O) groups is 2. The first-order chi connectivity index (χ1) is 18.1. The van der Waals surface area contributed by atoms with Crippen LogP contribution in [0.1, 0.15) is 53.2 Å². The summed E-state index contributed by atoms with van der Waals surface area (Å²) in [6, 6.07) is 16.5. The summed E-state index contributed by atoms with van der Waals surface area (Å²) in [5, 5.41) is 21.5. The number of aromatic nitrogens is 2. The van der Waals surface area contributed by atoms with E-state index in [0.717, 1.165) is 11.1 Å². The molecular weight excluding hydrogens is 542 g/mol. The molecule has 5 rings (SSSR count). The zero-order valence-electron chi connectivity index (χ0n) is 20.8. The maximum absolute atomic E-state index is 13.5. The average Bonchev–Trinajstić information content (AvgIpc) is 3.64. The van der Waals surface area contributed by atoms with Crippen molar-refractivity contribution in [2.24, 2.45) is 0 Å². The van der Waals surface area contributed by atoms with Gasteiger partial charge in [0.1, 0.15) is 5.82 Å². The standard InChI is InChI=1S/C28H24FN3O3S3/c1-28(2,3)18-10-8-17(9-11-18)22-21(23(33)20-5-4-14-36-20)24(34)25(35)32(22)26-30-31-27(38-26)37-15-16-6-12-19(29)13-7-16/h4-14,22,34H,15H2,1-3H3. The molecule has 0 saturated carbocycles. The van der Waals surface area contributed by atoms with Crippen LogP contribution >= 0.6 is 34.4 Å². The number of thioether (sulfide) groups is 1. The minimum atomic E-state index is -0.853. The molecule has 194 valence electrons. The Kier molecular flexibility index (Phi) is 7.21. The summed E-state index contributed by atoms with van der Waals surface area (Å²) in [5.74, 6) is -1.42. The highest BCUT2D eigenvalue weighted by molar-refractivity contribution is 8.00. The number of ketones is 1. The zero-order valence-corrected chi connectivity index (χ0v) is 23.3. The number of hydrogen-bond donors (Lipinski definition) is 1. The van der Waals surface area contributed by atoms with Crippen molar-refractivity contribution >= 4 is 51.3 Å². The molecule has 2 aromatic carbocycles. The van der Waals surface area contributed by atoms with Crippen molar-refractivity contribution in [2.75, 3.05) is 4.90 Å². The molecule has 0 bridgehead atoms. The fourth-order valence-electron chi connectivity index (χ4n) is 4.14. The Bertz CT molecular complexity index is 1510. The van der Waals surface area contributed by atoms with E-state index in [9.17, 15) is 19.1 Å². The highest BCUT2D eigenvalue weighted by atomic mass is 32.2. The van der Waals surface area contributed by atoms with Gasteiger partial charge in [-0.05, 0) is 45.7 Å². The molecule has 1 N–H and O–H groups in total. The molecule has 0 spiro atoms. The molecular formula is C28H24FN3O3S3. The van der Waals surface area contributed by atoms with Crippen molar-refractivity contribution in [2.45, 2.75) is 42.3 Å². The van der Waals surface area contributed by atoms with Crippen molar-refractivity contribution in [3.63, 3.8) is 0 Å². The van der Waals surface area contributed by atoms with Crippen LogP contribution in [0.2, 0.25) is 0 Å². The van der Waals surface area contributed by atoms with Gasteiger partial charge >= 0.3 is 0 Å². The van der Waals surface area contributed by atoms with Crippen LogP contribution in [0, 0.1) is 5.82 Å². The smallest absolute Gasteiger partial charge is 0.296 e. The Balaban J connectivity index is 1.49. The molecule has 3 heterocycles. The van der Waals surface area contributed by atoms with E-state index in [0.29, 0.717) is 20.5 Å². The maximum Gasteiger partial charge on any atom is 0.296 e. The second kappa shape index (κ2) is 10.4. The van der Waals surface area contributed by atoms with Crippen LogP contribution in [-0.4, -0.2) is 27.0 Å². The summed E-state index contributed by atoms with van der Waals surface area (Å²) in [4.78, 5) is 28.7. The van der Waals surface area contributed by atoms with Crippen LogP contribution in [-0.2, 0) is 16.0 Å². The summed E-state index contributed by atoms with van der Waals surface area (Å²) in [5.41, 5.74) is 2.66. The van der Waals surface area contributed by atoms with Gasteiger partial charge < -0.3 is 5.11 Å². The Morgan fingerprint density at radius 3 is 2.42 bits per heavy atom. The molecule has 1 aliphatic heterocycles. The molecule has 1 aliphatic rings. The second-order valence-corrected chi connectivity index (χ2v) is 12.9. The van der Waals surface area contributed by atoms with Gasteiger partial charge in [-0.25, -0.2) is 4.39 Å². The van der Waals surface area contributed by atoms with Crippen molar-refractivity contribution in [3.05, 3.63) is 105 Å². The number of halogens is 1. The lowest BCUT2D eigenvalue weighted by atomic mass is 9.85. The van der Waals surface area contributed by atoms with Crippen LogP contribution in [0.25, 0.3) is 0 Å². The summed E-state index contributed by atoms with van der Waals surface area (Å²) >= 11 is 3.87. The number of rotatable bonds is 7. The van der Waals surface area contributed by atoms with E-state index in [4.69, 9.17) is 0 Å². The van der Waals surface area contributed by atoms with Gasteiger partial charge in [-0.15, -0.1) is 21.5 Å². The van der Waals surface area contributed by atoms with Gasteiger partial charge in [0.05, 0.1) is 16.5 Å². The van der Waals surface area contributed by atoms with Crippen LogP contribution in [0.4, 0.5) is 9.52 Å². The van der Waals surface area contributed by atoms with Gasteiger partial charge in [-0.1, -0.05) is 86.3 Å². The van der Waals surface area contributed by atoms with E-state index in [1.165, 1.54) is 51.5 Å². The normalized spacial score (nSPS) is 15.9. The highest BCUT2D eigenvalue weighted by Crippen LogP contribution is 2.44. The first kappa shape index (κ1) is 26.3. The lowest BCUT2D eigenvalue weighted by Gasteiger charge is -2.25. The van der Waals surface area contributed by atoms with Crippen molar-refractivity contribution in [3.8, 4) is 0 Å². The summed E-state index contributed by atoms with van der Waals surface area (Å²) in [6.07, 6.45) is 0. The van der Waals surface area contributed by atoms with Gasteiger partial charge in [-0.3, -0.25) is 14.5 Å². The molecule has 0 fully saturated rings. The highest BCUT2D eigenvalue weighted by Gasteiger charge is 2.46. The molecule has 0 aliphatic carbocycles. The molecule has 1 unspecified atom stereocenters. The lowest BCUT2D eigenvalue weighted by Crippen LogP contribution is -2.31. The first-order valence-corrected chi connectivity index (χ1v) is 14.5. The van der Waals surface area contributed by atoms with E-state index in [1.807, 2.05) is 24.3 Å². The van der Waals surface area contributed by atoms with Crippen LogP contribution < -0.4 is 4.90 Å². The van der Waals surface area contributed by atoms with Crippen LogP contribution in [0.5, 0.6) is 0 Å². The van der Waals surface area contributed by atoms with E-state index in [1.54, 1.807) is 29.6 Å². The van der Waals surface area contributed by atoms with E-state index in [-0.39, 0.29) is 21.9 Å². The van der Waals surface area contributed by atoms with E-state index in [2.05, 4.69) is 31.0 Å². The fourth-order valence-corrected chi connectivity index (χ4v) is 6.64.